The number of hydrogen-bond acceptors (Lipinski definition) is 3. The predicted molar refractivity (Wildman–Crippen MR) is 126 cm³/mol. The van der Waals surface area contributed by atoms with Crippen molar-refractivity contribution in [1.29, 1.82) is 0 Å². The van der Waals surface area contributed by atoms with Crippen LogP contribution in [0, 0.1) is 0 Å². The molecule has 0 saturated heterocycles. The van der Waals surface area contributed by atoms with E-state index < -0.39 is 10.1 Å². The van der Waals surface area contributed by atoms with Gasteiger partial charge >= 0.3 is 0 Å². The van der Waals surface area contributed by atoms with Gasteiger partial charge in [-0.2, -0.15) is 8.42 Å². The first-order valence-corrected chi connectivity index (χ1v) is 12.1. The van der Waals surface area contributed by atoms with E-state index in [-0.39, 0.29) is 4.90 Å². The van der Waals surface area contributed by atoms with Gasteiger partial charge in [0.15, 0.2) is 0 Å². The molecule has 4 aromatic rings. The second-order valence-corrected chi connectivity index (χ2v) is 9.60. The van der Waals surface area contributed by atoms with E-state index in [1.54, 1.807) is 23.4 Å². The number of benzene rings is 3. The molecule has 5 nitrogen and oxygen atoms in total. The molecule has 1 aromatic heterocycles. The molecule has 0 unspecified atom stereocenters. The monoisotopic (exact) mass is 436 g/mol. The summed E-state index contributed by atoms with van der Waals surface area (Å²) >= 11 is 0. The van der Waals surface area contributed by atoms with E-state index in [0.29, 0.717) is 6.04 Å². The molecule has 162 valence electrons. The van der Waals surface area contributed by atoms with Crippen molar-refractivity contribution in [2.45, 2.75) is 43.0 Å². The lowest BCUT2D eigenvalue weighted by Crippen LogP contribution is -1.97. The van der Waals surface area contributed by atoms with Gasteiger partial charge in [0.25, 0.3) is 10.1 Å². The van der Waals surface area contributed by atoms with Gasteiger partial charge in [0.05, 0.1) is 4.90 Å². The van der Waals surface area contributed by atoms with E-state index in [2.05, 4.69) is 35.9 Å². The molecule has 0 spiro atoms. The second-order valence-electron chi connectivity index (χ2n) is 8.18. The first-order valence-electron chi connectivity index (χ1n) is 10.6. The van der Waals surface area contributed by atoms with E-state index in [1.807, 2.05) is 18.2 Å². The van der Waals surface area contributed by atoms with Crippen molar-refractivity contribution < 1.29 is 13.0 Å². The summed E-state index contributed by atoms with van der Waals surface area (Å²) in [6.45, 7) is 0. The Morgan fingerprint density at radius 3 is 2.26 bits per heavy atom. The molecule has 1 heterocycles. The second kappa shape index (κ2) is 8.83. The minimum Gasteiger partial charge on any atom is -0.347 e. The van der Waals surface area contributed by atoms with E-state index in [4.69, 9.17) is 10.3 Å². The first-order chi connectivity index (χ1) is 14.8. The molecule has 6 heteroatoms. The minimum absolute atomic E-state index is 0.0730. The predicted octanol–water partition coefficient (Wildman–Crippen LogP) is 4.86. The third-order valence-electron chi connectivity index (χ3n) is 5.82. The molecule has 6 rings (SSSR count). The summed E-state index contributed by atoms with van der Waals surface area (Å²) in [4.78, 5) is -0.0730. The SMILES string of the molecule is Cn1c2c(c3ccccc31)CCC2.NC1CC1.O=S(=O)(O)c1ccc2ccccc2c1. The maximum atomic E-state index is 10.8. The van der Waals surface area contributed by atoms with Crippen LogP contribution >= 0.6 is 0 Å². The highest BCUT2D eigenvalue weighted by atomic mass is 32.2. The molecule has 0 bridgehead atoms. The Balaban J connectivity index is 0.000000127. The Morgan fingerprint density at radius 2 is 1.58 bits per heavy atom. The Bertz CT molecular complexity index is 1320. The highest BCUT2D eigenvalue weighted by molar-refractivity contribution is 7.85. The van der Waals surface area contributed by atoms with Crippen molar-refractivity contribution in [3.8, 4) is 0 Å². The van der Waals surface area contributed by atoms with Crippen molar-refractivity contribution in [2.75, 3.05) is 0 Å². The molecule has 2 aliphatic rings. The summed E-state index contributed by atoms with van der Waals surface area (Å²) in [6, 6.07) is 21.2. The topological polar surface area (TPSA) is 85.3 Å². The van der Waals surface area contributed by atoms with Gasteiger partial charge in [-0.1, -0.05) is 48.5 Å². The Hall–Kier alpha value is -2.67. The van der Waals surface area contributed by atoms with Gasteiger partial charge in [-0.3, -0.25) is 4.55 Å². The van der Waals surface area contributed by atoms with Gasteiger partial charge in [0.1, 0.15) is 0 Å². The van der Waals surface area contributed by atoms with Gasteiger partial charge in [0, 0.05) is 29.7 Å². The summed E-state index contributed by atoms with van der Waals surface area (Å²) in [5.41, 5.74) is 9.77. The number of fused-ring (bicyclic) bond motifs is 4. The largest absolute Gasteiger partial charge is 0.347 e. The van der Waals surface area contributed by atoms with Crippen LogP contribution in [0.3, 0.4) is 0 Å². The van der Waals surface area contributed by atoms with Crippen LogP contribution in [0.5, 0.6) is 0 Å². The molecular weight excluding hydrogens is 408 g/mol. The maximum Gasteiger partial charge on any atom is 0.294 e. The fourth-order valence-corrected chi connectivity index (χ4v) is 4.49. The standard InChI is InChI=1S/C12H13N.C10H8O3S.C3H7N/c1-13-11-7-3-2-5-9(11)10-6-4-8-12(10)13;11-14(12,13)10-6-5-8-3-1-2-4-9(8)7-10;4-3-1-2-3/h2-3,5,7H,4,6,8H2,1H3;1-7H,(H,11,12,13);3H,1-2,4H2. The van der Waals surface area contributed by atoms with E-state index in [0.717, 1.165) is 10.8 Å². The minimum atomic E-state index is -4.09. The number of aromatic nitrogens is 1. The van der Waals surface area contributed by atoms with Crippen LogP contribution < -0.4 is 5.73 Å². The summed E-state index contributed by atoms with van der Waals surface area (Å²) in [5, 5.41) is 3.21. The fourth-order valence-electron chi connectivity index (χ4n) is 3.98. The van der Waals surface area contributed by atoms with E-state index in [1.165, 1.54) is 55.1 Å². The van der Waals surface area contributed by atoms with Crippen LogP contribution in [0.25, 0.3) is 21.7 Å². The first kappa shape index (κ1) is 21.6. The van der Waals surface area contributed by atoms with Gasteiger partial charge in [-0.15, -0.1) is 0 Å². The summed E-state index contributed by atoms with van der Waals surface area (Å²) in [7, 11) is -1.91. The maximum absolute atomic E-state index is 10.8. The number of hydrogen-bond donors (Lipinski definition) is 2. The lowest BCUT2D eigenvalue weighted by molar-refractivity contribution is 0.483. The van der Waals surface area contributed by atoms with E-state index in [9.17, 15) is 8.42 Å². The highest BCUT2D eigenvalue weighted by Gasteiger charge is 2.18. The smallest absolute Gasteiger partial charge is 0.294 e. The molecule has 0 aliphatic heterocycles. The van der Waals surface area contributed by atoms with Crippen molar-refractivity contribution in [2.24, 2.45) is 12.8 Å². The number of para-hydroxylation sites is 1. The van der Waals surface area contributed by atoms with Gasteiger partial charge in [0.2, 0.25) is 0 Å². The summed E-state index contributed by atoms with van der Waals surface area (Å²) in [6.07, 6.45) is 6.40. The van der Waals surface area contributed by atoms with Crippen LogP contribution in [0.4, 0.5) is 0 Å². The van der Waals surface area contributed by atoms with Gasteiger partial charge < -0.3 is 10.3 Å². The Labute approximate surface area is 183 Å². The normalized spacial score (nSPS) is 15.1. The van der Waals surface area contributed by atoms with Crippen LogP contribution in [0.2, 0.25) is 0 Å². The molecule has 0 amide bonds. The van der Waals surface area contributed by atoms with Crippen molar-refractivity contribution in [3.63, 3.8) is 0 Å². The molecule has 1 saturated carbocycles. The highest BCUT2D eigenvalue weighted by Crippen LogP contribution is 2.31. The van der Waals surface area contributed by atoms with Crippen LogP contribution in [0.1, 0.15) is 30.5 Å². The van der Waals surface area contributed by atoms with Crippen molar-refractivity contribution in [1.82, 2.24) is 4.57 Å². The molecule has 3 N–H and O–H groups in total. The molecule has 1 fully saturated rings. The molecular formula is C25H28N2O3S. The number of rotatable bonds is 1. The number of nitrogens with two attached hydrogens (primary N) is 1. The van der Waals surface area contributed by atoms with E-state index >= 15 is 0 Å². The number of nitrogens with zero attached hydrogens (tertiary/aromatic N) is 1. The quantitative estimate of drug-likeness (QED) is 0.417. The fraction of sp³-hybridized carbons (Fsp3) is 0.280. The molecule has 0 radical (unpaired) electrons. The lowest BCUT2D eigenvalue weighted by Gasteiger charge is -1.99. The molecule has 3 aromatic carbocycles. The average Bonchev–Trinajstić information content (AvgIpc) is 3.31. The van der Waals surface area contributed by atoms with Crippen LogP contribution in [-0.4, -0.2) is 23.6 Å². The van der Waals surface area contributed by atoms with Crippen LogP contribution in [-0.2, 0) is 30.0 Å². The van der Waals surface area contributed by atoms with Crippen LogP contribution in [0.15, 0.2) is 71.6 Å². The van der Waals surface area contributed by atoms with Gasteiger partial charge in [-0.25, -0.2) is 0 Å². The Morgan fingerprint density at radius 1 is 0.935 bits per heavy atom. The summed E-state index contributed by atoms with van der Waals surface area (Å²) in [5.74, 6) is 0. The molecule has 2 aliphatic carbocycles. The number of aryl methyl sites for hydroxylation is 2. The zero-order valence-electron chi connectivity index (χ0n) is 17.7. The molecule has 31 heavy (non-hydrogen) atoms. The zero-order chi connectivity index (χ0) is 22.0. The average molecular weight is 437 g/mol. The van der Waals surface area contributed by atoms with Gasteiger partial charge in [-0.05, 0) is 66.6 Å². The summed E-state index contributed by atoms with van der Waals surface area (Å²) < 4.78 is 32.8. The zero-order valence-corrected chi connectivity index (χ0v) is 18.5. The lowest BCUT2D eigenvalue weighted by atomic mass is 10.1. The third-order valence-corrected chi connectivity index (χ3v) is 6.67. The van der Waals surface area contributed by atoms with Crippen molar-refractivity contribution in [3.05, 3.63) is 78.0 Å². The Kier molecular flexibility index (Phi) is 6.14. The third kappa shape index (κ3) is 4.98. The van der Waals surface area contributed by atoms with Crippen molar-refractivity contribution >= 4 is 31.8 Å². The molecule has 0 atom stereocenters.